The van der Waals surface area contributed by atoms with Crippen molar-refractivity contribution < 1.29 is 23.4 Å². The van der Waals surface area contributed by atoms with Crippen LogP contribution in [0.2, 0.25) is 5.02 Å². The molecule has 1 heterocycles. The SMILES string of the molecule is CC(OC(=O)/C=C/c1cc(Cl)c2c(c1)OCCCO2)c1ccc(F)cc1. The van der Waals surface area contributed by atoms with Gasteiger partial charge in [0.1, 0.15) is 11.9 Å². The number of benzene rings is 2. The van der Waals surface area contributed by atoms with E-state index in [-0.39, 0.29) is 5.82 Å². The lowest BCUT2D eigenvalue weighted by Gasteiger charge is -2.12. The van der Waals surface area contributed by atoms with Gasteiger partial charge < -0.3 is 14.2 Å². The van der Waals surface area contributed by atoms with Gasteiger partial charge in [0.15, 0.2) is 11.5 Å². The van der Waals surface area contributed by atoms with E-state index in [4.69, 9.17) is 25.8 Å². The first-order valence-electron chi connectivity index (χ1n) is 8.26. The first kappa shape index (κ1) is 18.3. The summed E-state index contributed by atoms with van der Waals surface area (Å²) in [5.74, 6) is 0.236. The highest BCUT2D eigenvalue weighted by atomic mass is 35.5. The Balaban J connectivity index is 1.67. The van der Waals surface area contributed by atoms with Crippen molar-refractivity contribution in [1.82, 2.24) is 0 Å². The molecular formula is C20H18ClFO4. The van der Waals surface area contributed by atoms with Gasteiger partial charge in [-0.25, -0.2) is 9.18 Å². The van der Waals surface area contributed by atoms with Gasteiger partial charge in [-0.1, -0.05) is 23.7 Å². The van der Waals surface area contributed by atoms with Crippen LogP contribution in [-0.2, 0) is 9.53 Å². The predicted molar refractivity (Wildman–Crippen MR) is 97.0 cm³/mol. The molecule has 1 unspecified atom stereocenters. The Labute approximate surface area is 156 Å². The highest BCUT2D eigenvalue weighted by Gasteiger charge is 2.15. The van der Waals surface area contributed by atoms with E-state index in [1.165, 1.54) is 18.2 Å². The van der Waals surface area contributed by atoms with E-state index in [1.54, 1.807) is 37.3 Å². The standard InChI is InChI=1S/C20H18ClFO4/c1-13(15-4-6-16(22)7-5-15)26-19(23)8-3-14-11-17(21)20-18(12-14)24-9-2-10-25-20/h3-8,11-13H,2,9-10H2,1H3/b8-3+. The highest BCUT2D eigenvalue weighted by molar-refractivity contribution is 6.32. The third-order valence-electron chi connectivity index (χ3n) is 3.87. The molecule has 6 heteroatoms. The number of hydrogen-bond donors (Lipinski definition) is 0. The lowest BCUT2D eigenvalue weighted by Crippen LogP contribution is -2.06. The van der Waals surface area contributed by atoms with Crippen molar-refractivity contribution in [2.75, 3.05) is 13.2 Å². The molecule has 0 radical (unpaired) electrons. The van der Waals surface area contributed by atoms with E-state index < -0.39 is 12.1 Å². The highest BCUT2D eigenvalue weighted by Crippen LogP contribution is 2.38. The second-order valence-electron chi connectivity index (χ2n) is 5.84. The third kappa shape index (κ3) is 4.55. The first-order chi connectivity index (χ1) is 12.5. The van der Waals surface area contributed by atoms with Crippen molar-refractivity contribution in [3.63, 3.8) is 0 Å². The van der Waals surface area contributed by atoms with Crippen LogP contribution in [0, 0.1) is 5.82 Å². The molecule has 3 rings (SSSR count). The third-order valence-corrected chi connectivity index (χ3v) is 4.15. The molecule has 1 aliphatic heterocycles. The van der Waals surface area contributed by atoms with Crippen LogP contribution in [0.3, 0.4) is 0 Å². The summed E-state index contributed by atoms with van der Waals surface area (Å²) in [6.07, 6.45) is 3.21. The quantitative estimate of drug-likeness (QED) is 0.559. The summed E-state index contributed by atoms with van der Waals surface area (Å²) in [6.45, 7) is 2.83. The minimum atomic E-state index is -0.509. The van der Waals surface area contributed by atoms with E-state index in [9.17, 15) is 9.18 Å². The normalized spacial score (nSPS) is 14.7. The maximum Gasteiger partial charge on any atom is 0.331 e. The molecule has 1 atom stereocenters. The second kappa shape index (κ2) is 8.23. The number of esters is 1. The number of ether oxygens (including phenoxy) is 3. The maximum absolute atomic E-state index is 13.0. The Morgan fingerprint density at radius 3 is 2.73 bits per heavy atom. The zero-order valence-corrected chi connectivity index (χ0v) is 15.0. The molecule has 0 aliphatic carbocycles. The molecule has 0 saturated carbocycles. The van der Waals surface area contributed by atoms with Gasteiger partial charge in [-0.3, -0.25) is 0 Å². The van der Waals surface area contributed by atoms with Crippen molar-refractivity contribution in [1.29, 1.82) is 0 Å². The predicted octanol–water partition coefficient (Wildman–Crippen LogP) is 4.96. The van der Waals surface area contributed by atoms with Gasteiger partial charge in [-0.15, -0.1) is 0 Å². The molecule has 4 nitrogen and oxygen atoms in total. The molecule has 0 aromatic heterocycles. The van der Waals surface area contributed by atoms with Gasteiger partial charge in [-0.05, 0) is 48.4 Å². The Bertz CT molecular complexity index is 817. The van der Waals surface area contributed by atoms with Gasteiger partial charge in [0.2, 0.25) is 0 Å². The van der Waals surface area contributed by atoms with E-state index in [0.717, 1.165) is 6.42 Å². The summed E-state index contributed by atoms with van der Waals surface area (Å²) in [5.41, 5.74) is 1.41. The zero-order valence-electron chi connectivity index (χ0n) is 14.2. The van der Waals surface area contributed by atoms with Crippen molar-refractivity contribution in [3.05, 3.63) is 64.4 Å². The van der Waals surface area contributed by atoms with Crippen molar-refractivity contribution in [3.8, 4) is 11.5 Å². The van der Waals surface area contributed by atoms with Gasteiger partial charge in [0, 0.05) is 12.5 Å². The van der Waals surface area contributed by atoms with E-state index in [1.807, 2.05) is 0 Å². The van der Waals surface area contributed by atoms with Gasteiger partial charge in [0.25, 0.3) is 0 Å². The van der Waals surface area contributed by atoms with Crippen molar-refractivity contribution in [2.24, 2.45) is 0 Å². The molecule has 0 spiro atoms. The van der Waals surface area contributed by atoms with Gasteiger partial charge in [0.05, 0.1) is 18.2 Å². The number of hydrogen-bond acceptors (Lipinski definition) is 4. The van der Waals surface area contributed by atoms with Crippen LogP contribution < -0.4 is 9.47 Å². The molecule has 2 aromatic rings. The smallest absolute Gasteiger partial charge is 0.331 e. The molecule has 0 N–H and O–H groups in total. The molecule has 0 fully saturated rings. The van der Waals surface area contributed by atoms with Gasteiger partial charge >= 0.3 is 5.97 Å². The number of carbonyl (C=O) groups is 1. The lowest BCUT2D eigenvalue weighted by molar-refractivity contribution is -0.142. The number of fused-ring (bicyclic) bond motifs is 1. The molecule has 0 amide bonds. The molecule has 136 valence electrons. The van der Waals surface area contributed by atoms with E-state index >= 15 is 0 Å². The summed E-state index contributed by atoms with van der Waals surface area (Å²) >= 11 is 6.23. The van der Waals surface area contributed by atoms with E-state index in [0.29, 0.717) is 40.9 Å². The molecule has 2 aromatic carbocycles. The monoisotopic (exact) mass is 376 g/mol. The summed E-state index contributed by atoms with van der Waals surface area (Å²) in [6, 6.07) is 9.29. The fourth-order valence-corrected chi connectivity index (χ4v) is 2.80. The number of halogens is 2. The lowest BCUT2D eigenvalue weighted by atomic mass is 10.1. The minimum Gasteiger partial charge on any atom is -0.489 e. The van der Waals surface area contributed by atoms with Crippen LogP contribution in [0.5, 0.6) is 11.5 Å². The number of carbonyl (C=O) groups excluding carboxylic acids is 1. The van der Waals surface area contributed by atoms with Crippen LogP contribution in [0.4, 0.5) is 4.39 Å². The molecular weight excluding hydrogens is 359 g/mol. The fraction of sp³-hybridized carbons (Fsp3) is 0.250. The Morgan fingerprint density at radius 1 is 1.23 bits per heavy atom. The average molecular weight is 377 g/mol. The van der Waals surface area contributed by atoms with Crippen LogP contribution >= 0.6 is 11.6 Å². The fourth-order valence-electron chi connectivity index (χ4n) is 2.53. The van der Waals surface area contributed by atoms with Crippen LogP contribution in [0.1, 0.15) is 30.6 Å². The molecule has 1 aliphatic rings. The summed E-state index contributed by atoms with van der Waals surface area (Å²) in [5, 5.41) is 0.428. The van der Waals surface area contributed by atoms with Crippen LogP contribution in [-0.4, -0.2) is 19.2 Å². The largest absolute Gasteiger partial charge is 0.489 e. The Hall–Kier alpha value is -2.53. The van der Waals surface area contributed by atoms with Crippen molar-refractivity contribution >= 4 is 23.6 Å². The second-order valence-corrected chi connectivity index (χ2v) is 6.25. The van der Waals surface area contributed by atoms with Gasteiger partial charge in [-0.2, -0.15) is 0 Å². The van der Waals surface area contributed by atoms with Crippen LogP contribution in [0.25, 0.3) is 6.08 Å². The molecule has 0 bridgehead atoms. The topological polar surface area (TPSA) is 44.8 Å². The summed E-state index contributed by atoms with van der Waals surface area (Å²) in [7, 11) is 0. The maximum atomic E-state index is 13.0. The average Bonchev–Trinajstić information content (AvgIpc) is 2.86. The van der Waals surface area contributed by atoms with E-state index in [2.05, 4.69) is 0 Å². The number of rotatable bonds is 4. The Morgan fingerprint density at radius 2 is 1.96 bits per heavy atom. The summed E-state index contributed by atoms with van der Waals surface area (Å²) in [4.78, 5) is 12.0. The molecule has 26 heavy (non-hydrogen) atoms. The van der Waals surface area contributed by atoms with Crippen LogP contribution in [0.15, 0.2) is 42.5 Å². The van der Waals surface area contributed by atoms with Crippen molar-refractivity contribution in [2.45, 2.75) is 19.4 Å². The zero-order chi connectivity index (χ0) is 18.5. The first-order valence-corrected chi connectivity index (χ1v) is 8.64. The molecule has 0 saturated heterocycles. The minimum absolute atomic E-state index is 0.335. The summed E-state index contributed by atoms with van der Waals surface area (Å²) < 4.78 is 29.5. The Kier molecular flexibility index (Phi) is 5.78.